The van der Waals surface area contributed by atoms with Gasteiger partial charge in [-0.3, -0.25) is 19.9 Å². The van der Waals surface area contributed by atoms with Gasteiger partial charge in [0, 0.05) is 42.6 Å². The minimum atomic E-state index is -0.386. The molecule has 3 N–H and O–H groups in total. The average molecular weight is 461 g/mol. The zero-order valence-electron chi connectivity index (χ0n) is 18.0. The predicted octanol–water partition coefficient (Wildman–Crippen LogP) is 3.86. The Hall–Kier alpha value is -3.30. The van der Waals surface area contributed by atoms with Gasteiger partial charge in [0.2, 0.25) is 5.95 Å². The van der Waals surface area contributed by atoms with Crippen molar-refractivity contribution in [1.82, 2.24) is 25.6 Å². The number of nitrogens with one attached hydrogen (secondary N) is 3. The van der Waals surface area contributed by atoms with Crippen molar-refractivity contribution in [2.24, 2.45) is 0 Å². The number of carbonyl (C=O) groups is 2. The monoisotopic (exact) mass is 460 g/mol. The Balaban J connectivity index is 1.14. The number of amides is 2. The summed E-state index contributed by atoms with van der Waals surface area (Å²) in [5, 5.41) is 11.4. The molecule has 1 saturated heterocycles. The standard InChI is InChI=1S/C24H24N6O2S/c31-22-21(33-24(32)30-22)11-19-9-10-26-23(29-19)28-18-7-5-17(6-8-18)27-14-16-13-25-12-15-3-1-2-4-20(15)16/h1-4,9-13,17-18,27H,5-8,14H2,(H,26,28,29)(H,30,31,32). The van der Waals surface area contributed by atoms with Crippen molar-refractivity contribution in [2.45, 2.75) is 44.3 Å². The summed E-state index contributed by atoms with van der Waals surface area (Å²) in [6, 6.07) is 10.8. The van der Waals surface area contributed by atoms with E-state index in [1.54, 1.807) is 18.3 Å². The van der Waals surface area contributed by atoms with Crippen molar-refractivity contribution in [3.05, 3.63) is 65.1 Å². The largest absolute Gasteiger partial charge is 0.351 e. The van der Waals surface area contributed by atoms with Crippen LogP contribution in [-0.2, 0) is 11.3 Å². The quantitative estimate of drug-likeness (QED) is 0.476. The molecule has 3 heterocycles. The number of benzene rings is 1. The highest BCUT2D eigenvalue weighted by Gasteiger charge is 2.25. The van der Waals surface area contributed by atoms with E-state index in [4.69, 9.17) is 0 Å². The molecule has 0 radical (unpaired) electrons. The first-order valence-electron chi connectivity index (χ1n) is 11.0. The first-order chi connectivity index (χ1) is 16.1. The number of anilines is 1. The summed E-state index contributed by atoms with van der Waals surface area (Å²) in [7, 11) is 0. The molecular formula is C24H24N6O2S. The lowest BCUT2D eigenvalue weighted by atomic mass is 9.91. The van der Waals surface area contributed by atoms with E-state index in [0.717, 1.165) is 44.0 Å². The van der Waals surface area contributed by atoms with Gasteiger partial charge in [-0.05, 0) is 60.5 Å². The molecule has 3 aromatic rings. The fourth-order valence-corrected chi connectivity index (χ4v) is 4.94. The molecule has 0 bridgehead atoms. The molecular weight excluding hydrogens is 436 g/mol. The molecule has 2 fully saturated rings. The highest BCUT2D eigenvalue weighted by molar-refractivity contribution is 8.18. The van der Waals surface area contributed by atoms with E-state index in [1.807, 2.05) is 18.5 Å². The van der Waals surface area contributed by atoms with Crippen LogP contribution in [0.1, 0.15) is 36.9 Å². The fourth-order valence-electron chi connectivity index (χ4n) is 4.28. The topological polar surface area (TPSA) is 109 Å². The Bertz CT molecular complexity index is 1220. The Morgan fingerprint density at radius 3 is 2.70 bits per heavy atom. The van der Waals surface area contributed by atoms with Crippen LogP contribution in [0.15, 0.2) is 53.8 Å². The van der Waals surface area contributed by atoms with Gasteiger partial charge >= 0.3 is 0 Å². The summed E-state index contributed by atoms with van der Waals surface area (Å²) in [4.78, 5) is 36.6. The van der Waals surface area contributed by atoms with Crippen LogP contribution in [0, 0.1) is 0 Å². The first-order valence-corrected chi connectivity index (χ1v) is 11.8. The van der Waals surface area contributed by atoms with E-state index in [0.29, 0.717) is 28.6 Å². The smallest absolute Gasteiger partial charge is 0.290 e. The zero-order chi connectivity index (χ0) is 22.6. The van der Waals surface area contributed by atoms with Crippen molar-refractivity contribution in [3.8, 4) is 0 Å². The molecule has 33 heavy (non-hydrogen) atoms. The van der Waals surface area contributed by atoms with Crippen molar-refractivity contribution < 1.29 is 9.59 Å². The number of hydrogen-bond donors (Lipinski definition) is 3. The van der Waals surface area contributed by atoms with Gasteiger partial charge in [-0.1, -0.05) is 24.3 Å². The second-order valence-corrected chi connectivity index (χ2v) is 9.27. The molecule has 1 aliphatic heterocycles. The summed E-state index contributed by atoms with van der Waals surface area (Å²) < 4.78 is 0. The summed E-state index contributed by atoms with van der Waals surface area (Å²) in [6.07, 6.45) is 11.3. The van der Waals surface area contributed by atoms with Crippen LogP contribution in [0.25, 0.3) is 16.8 Å². The van der Waals surface area contributed by atoms with E-state index < -0.39 is 0 Å². The van der Waals surface area contributed by atoms with Gasteiger partial charge in [0.25, 0.3) is 11.1 Å². The third-order valence-corrected chi connectivity index (χ3v) is 6.80. The zero-order valence-corrected chi connectivity index (χ0v) is 18.8. The molecule has 0 spiro atoms. The third-order valence-electron chi connectivity index (χ3n) is 5.99. The molecule has 0 atom stereocenters. The van der Waals surface area contributed by atoms with E-state index in [1.165, 1.54) is 16.3 Å². The molecule has 9 heteroatoms. The van der Waals surface area contributed by atoms with Crippen LogP contribution in [0.5, 0.6) is 0 Å². The van der Waals surface area contributed by atoms with Crippen LogP contribution in [0.2, 0.25) is 0 Å². The summed E-state index contributed by atoms with van der Waals surface area (Å²) >= 11 is 0.884. The van der Waals surface area contributed by atoms with Gasteiger partial charge in [0.05, 0.1) is 10.6 Å². The molecule has 1 aliphatic carbocycles. The van der Waals surface area contributed by atoms with Gasteiger partial charge < -0.3 is 10.6 Å². The normalized spacial score (nSPS) is 22.0. The van der Waals surface area contributed by atoms with Crippen molar-refractivity contribution in [2.75, 3.05) is 5.32 Å². The molecule has 8 nitrogen and oxygen atoms in total. The molecule has 5 rings (SSSR count). The Kier molecular flexibility index (Phi) is 6.32. The molecule has 2 aliphatic rings. The van der Waals surface area contributed by atoms with Gasteiger partial charge in [-0.2, -0.15) is 0 Å². The Labute approximate surface area is 195 Å². The molecule has 1 aromatic carbocycles. The van der Waals surface area contributed by atoms with Gasteiger partial charge in [0.1, 0.15) is 0 Å². The number of aromatic nitrogens is 3. The molecule has 1 saturated carbocycles. The second-order valence-electron chi connectivity index (χ2n) is 8.25. The minimum Gasteiger partial charge on any atom is -0.351 e. The second kappa shape index (κ2) is 9.68. The molecule has 0 unspecified atom stereocenters. The number of nitrogens with zero attached hydrogens (tertiary/aromatic N) is 3. The predicted molar refractivity (Wildman–Crippen MR) is 129 cm³/mol. The van der Waals surface area contributed by atoms with Crippen LogP contribution in [0.3, 0.4) is 0 Å². The summed E-state index contributed by atoms with van der Waals surface area (Å²) in [5.74, 6) is 0.153. The van der Waals surface area contributed by atoms with Crippen LogP contribution in [-0.4, -0.2) is 38.2 Å². The molecule has 168 valence electrons. The van der Waals surface area contributed by atoms with Gasteiger partial charge in [0.15, 0.2) is 0 Å². The number of pyridine rings is 1. The maximum atomic E-state index is 11.7. The number of hydrogen-bond acceptors (Lipinski definition) is 8. The lowest BCUT2D eigenvalue weighted by Gasteiger charge is -2.30. The SMILES string of the molecule is O=C1NC(=O)C(=Cc2ccnc(NC3CCC(NCc4cncc5ccccc45)CC3)n2)S1. The van der Waals surface area contributed by atoms with Crippen LogP contribution >= 0.6 is 11.8 Å². The first kappa shape index (κ1) is 21.5. The summed E-state index contributed by atoms with van der Waals surface area (Å²) in [6.45, 7) is 0.811. The fraction of sp³-hybridized carbons (Fsp3) is 0.292. The highest BCUT2D eigenvalue weighted by atomic mass is 32.2. The van der Waals surface area contributed by atoms with Gasteiger partial charge in [-0.25, -0.2) is 9.97 Å². The Morgan fingerprint density at radius 2 is 1.88 bits per heavy atom. The van der Waals surface area contributed by atoms with Crippen molar-refractivity contribution in [1.29, 1.82) is 0 Å². The van der Waals surface area contributed by atoms with Crippen LogP contribution in [0.4, 0.5) is 10.7 Å². The van der Waals surface area contributed by atoms with Gasteiger partial charge in [-0.15, -0.1) is 0 Å². The lowest BCUT2D eigenvalue weighted by Crippen LogP contribution is -2.37. The number of fused-ring (bicyclic) bond motifs is 1. The third kappa shape index (κ3) is 5.20. The van der Waals surface area contributed by atoms with E-state index in [9.17, 15) is 9.59 Å². The molecule has 2 amide bonds. The van der Waals surface area contributed by atoms with Crippen molar-refractivity contribution in [3.63, 3.8) is 0 Å². The number of imide groups is 1. The van der Waals surface area contributed by atoms with E-state index >= 15 is 0 Å². The van der Waals surface area contributed by atoms with E-state index in [2.05, 4.69) is 49.1 Å². The number of thioether (sulfide) groups is 1. The van der Waals surface area contributed by atoms with Crippen LogP contribution < -0.4 is 16.0 Å². The number of carbonyl (C=O) groups excluding carboxylic acids is 2. The highest BCUT2D eigenvalue weighted by Crippen LogP contribution is 2.26. The lowest BCUT2D eigenvalue weighted by molar-refractivity contribution is -0.115. The molecule has 2 aromatic heterocycles. The van der Waals surface area contributed by atoms with Crippen molar-refractivity contribution >= 4 is 45.7 Å². The van der Waals surface area contributed by atoms with E-state index in [-0.39, 0.29) is 11.1 Å². The maximum absolute atomic E-state index is 11.7. The maximum Gasteiger partial charge on any atom is 0.290 e. The Morgan fingerprint density at radius 1 is 1.06 bits per heavy atom. The average Bonchev–Trinajstić information content (AvgIpc) is 3.15. The number of rotatable bonds is 6. The minimum absolute atomic E-state index is 0.302. The summed E-state index contributed by atoms with van der Waals surface area (Å²) in [5.41, 5.74) is 1.82.